The Hall–Kier alpha value is 0. The van der Waals surface area contributed by atoms with Gasteiger partial charge in [0.05, 0.1) is 0 Å². The second-order valence-electron chi connectivity index (χ2n) is 5.90. The van der Waals surface area contributed by atoms with Crippen LogP contribution in [0, 0.1) is 29.6 Å². The number of fused-ring (bicyclic) bond motifs is 1. The second kappa shape index (κ2) is 3.63. The standard InChI is InChI=1S/C13H24/c1-9-4-5-12-7-10(2)6-11(3)13(12)8-9/h9-13H,4-8H2,1-3H3. The van der Waals surface area contributed by atoms with Gasteiger partial charge in [-0.2, -0.15) is 0 Å². The Morgan fingerprint density at radius 1 is 0.769 bits per heavy atom. The summed E-state index contributed by atoms with van der Waals surface area (Å²) < 4.78 is 0. The highest BCUT2D eigenvalue weighted by molar-refractivity contribution is 4.87. The van der Waals surface area contributed by atoms with Gasteiger partial charge in [-0.05, 0) is 55.3 Å². The van der Waals surface area contributed by atoms with Crippen molar-refractivity contribution in [2.45, 2.75) is 52.9 Å². The van der Waals surface area contributed by atoms with E-state index in [1.807, 2.05) is 0 Å². The predicted octanol–water partition coefficient (Wildman–Crippen LogP) is 4.10. The van der Waals surface area contributed by atoms with Crippen molar-refractivity contribution in [2.24, 2.45) is 29.6 Å². The first-order valence-corrected chi connectivity index (χ1v) is 6.16. The Morgan fingerprint density at radius 2 is 1.54 bits per heavy atom. The fraction of sp³-hybridized carbons (Fsp3) is 1.00. The van der Waals surface area contributed by atoms with Crippen LogP contribution in [0.4, 0.5) is 0 Å². The van der Waals surface area contributed by atoms with E-state index in [-0.39, 0.29) is 0 Å². The summed E-state index contributed by atoms with van der Waals surface area (Å²) in [7, 11) is 0. The van der Waals surface area contributed by atoms with Crippen molar-refractivity contribution in [3.63, 3.8) is 0 Å². The molecule has 0 radical (unpaired) electrons. The Morgan fingerprint density at radius 3 is 2.31 bits per heavy atom. The highest BCUT2D eigenvalue weighted by Crippen LogP contribution is 2.47. The van der Waals surface area contributed by atoms with Crippen LogP contribution in [-0.4, -0.2) is 0 Å². The molecule has 2 rings (SSSR count). The lowest BCUT2D eigenvalue weighted by molar-refractivity contribution is 0.0611. The van der Waals surface area contributed by atoms with Gasteiger partial charge in [0, 0.05) is 0 Å². The van der Waals surface area contributed by atoms with E-state index in [0.717, 1.165) is 29.6 Å². The van der Waals surface area contributed by atoms with Gasteiger partial charge in [-0.1, -0.05) is 27.2 Å². The molecule has 0 aromatic carbocycles. The number of hydrogen-bond acceptors (Lipinski definition) is 0. The molecule has 0 heteroatoms. The SMILES string of the molecule is CC1CC(C)C2CC(C)CCC2C1. The monoisotopic (exact) mass is 180 g/mol. The molecular weight excluding hydrogens is 156 g/mol. The van der Waals surface area contributed by atoms with Gasteiger partial charge in [0.2, 0.25) is 0 Å². The minimum absolute atomic E-state index is 1.00. The topological polar surface area (TPSA) is 0 Å². The summed E-state index contributed by atoms with van der Waals surface area (Å²) in [6.07, 6.45) is 7.58. The van der Waals surface area contributed by atoms with Crippen LogP contribution in [0.5, 0.6) is 0 Å². The molecule has 2 saturated carbocycles. The molecule has 2 aliphatic carbocycles. The maximum absolute atomic E-state index is 2.49. The molecule has 13 heavy (non-hydrogen) atoms. The largest absolute Gasteiger partial charge is 0.0625 e. The van der Waals surface area contributed by atoms with Crippen molar-refractivity contribution < 1.29 is 0 Å². The van der Waals surface area contributed by atoms with Gasteiger partial charge in [0.25, 0.3) is 0 Å². The average Bonchev–Trinajstić information content (AvgIpc) is 2.06. The van der Waals surface area contributed by atoms with Crippen LogP contribution < -0.4 is 0 Å². The lowest BCUT2D eigenvalue weighted by atomic mass is 9.61. The molecule has 2 fully saturated rings. The lowest BCUT2D eigenvalue weighted by Crippen LogP contribution is -2.34. The Bertz CT molecular complexity index is 173. The van der Waals surface area contributed by atoms with Crippen molar-refractivity contribution in [3.05, 3.63) is 0 Å². The van der Waals surface area contributed by atoms with Gasteiger partial charge >= 0.3 is 0 Å². The van der Waals surface area contributed by atoms with Crippen LogP contribution in [0.2, 0.25) is 0 Å². The number of hydrogen-bond donors (Lipinski definition) is 0. The maximum atomic E-state index is 2.49. The Balaban J connectivity index is 2.02. The molecule has 0 N–H and O–H groups in total. The lowest BCUT2D eigenvalue weighted by Gasteiger charge is -2.44. The van der Waals surface area contributed by atoms with E-state index in [1.165, 1.54) is 32.1 Å². The minimum Gasteiger partial charge on any atom is -0.0625 e. The van der Waals surface area contributed by atoms with Gasteiger partial charge in [0.15, 0.2) is 0 Å². The van der Waals surface area contributed by atoms with Gasteiger partial charge < -0.3 is 0 Å². The summed E-state index contributed by atoms with van der Waals surface area (Å²) >= 11 is 0. The van der Waals surface area contributed by atoms with E-state index in [4.69, 9.17) is 0 Å². The highest BCUT2D eigenvalue weighted by atomic mass is 14.4. The van der Waals surface area contributed by atoms with E-state index in [2.05, 4.69) is 20.8 Å². The van der Waals surface area contributed by atoms with Crippen LogP contribution in [0.15, 0.2) is 0 Å². The molecule has 0 saturated heterocycles. The summed E-state index contributed by atoms with van der Waals surface area (Å²) in [5.74, 6) is 5.20. The smallest absolute Gasteiger partial charge is 0.0357 e. The number of rotatable bonds is 0. The zero-order chi connectivity index (χ0) is 9.42. The van der Waals surface area contributed by atoms with Crippen LogP contribution >= 0.6 is 0 Å². The summed E-state index contributed by atoms with van der Waals surface area (Å²) in [6, 6.07) is 0. The van der Waals surface area contributed by atoms with Crippen LogP contribution in [0.3, 0.4) is 0 Å². The van der Waals surface area contributed by atoms with Crippen molar-refractivity contribution in [1.29, 1.82) is 0 Å². The molecule has 0 heterocycles. The van der Waals surface area contributed by atoms with Crippen LogP contribution in [-0.2, 0) is 0 Å². The van der Waals surface area contributed by atoms with Crippen molar-refractivity contribution in [1.82, 2.24) is 0 Å². The summed E-state index contributed by atoms with van der Waals surface area (Å²) in [5, 5.41) is 0. The van der Waals surface area contributed by atoms with Crippen molar-refractivity contribution in [3.8, 4) is 0 Å². The van der Waals surface area contributed by atoms with Crippen molar-refractivity contribution >= 4 is 0 Å². The third-order valence-electron chi connectivity index (χ3n) is 4.52. The molecule has 0 amide bonds. The molecule has 0 spiro atoms. The molecule has 0 aromatic rings. The van der Waals surface area contributed by atoms with Crippen LogP contribution in [0.1, 0.15) is 52.9 Å². The summed E-state index contributed by atoms with van der Waals surface area (Å²) in [6.45, 7) is 7.39. The predicted molar refractivity (Wildman–Crippen MR) is 57.6 cm³/mol. The van der Waals surface area contributed by atoms with E-state index < -0.39 is 0 Å². The molecule has 0 aromatic heterocycles. The summed E-state index contributed by atoms with van der Waals surface area (Å²) in [4.78, 5) is 0. The van der Waals surface area contributed by atoms with Crippen molar-refractivity contribution in [2.75, 3.05) is 0 Å². The fourth-order valence-electron chi connectivity index (χ4n) is 3.90. The zero-order valence-corrected chi connectivity index (χ0v) is 9.42. The maximum Gasteiger partial charge on any atom is -0.0357 e. The van der Waals surface area contributed by atoms with Gasteiger partial charge in [-0.25, -0.2) is 0 Å². The Labute approximate surface area is 83.1 Å². The third kappa shape index (κ3) is 1.92. The molecule has 76 valence electrons. The van der Waals surface area contributed by atoms with E-state index in [0.29, 0.717) is 0 Å². The van der Waals surface area contributed by atoms with Gasteiger partial charge in [0.1, 0.15) is 0 Å². The normalized spacial score (nSPS) is 51.5. The van der Waals surface area contributed by atoms with Crippen LogP contribution in [0.25, 0.3) is 0 Å². The molecule has 2 aliphatic rings. The highest BCUT2D eigenvalue weighted by Gasteiger charge is 2.36. The van der Waals surface area contributed by atoms with E-state index >= 15 is 0 Å². The fourth-order valence-corrected chi connectivity index (χ4v) is 3.90. The van der Waals surface area contributed by atoms with E-state index in [9.17, 15) is 0 Å². The molecule has 0 nitrogen and oxygen atoms in total. The Kier molecular flexibility index (Phi) is 2.67. The summed E-state index contributed by atoms with van der Waals surface area (Å²) in [5.41, 5.74) is 0. The molecule has 0 aliphatic heterocycles. The average molecular weight is 180 g/mol. The quantitative estimate of drug-likeness (QED) is 0.526. The molecule has 5 atom stereocenters. The zero-order valence-electron chi connectivity index (χ0n) is 9.42. The minimum atomic E-state index is 1.00. The third-order valence-corrected chi connectivity index (χ3v) is 4.52. The first-order valence-electron chi connectivity index (χ1n) is 6.16. The first-order chi connectivity index (χ1) is 6.16. The van der Waals surface area contributed by atoms with Gasteiger partial charge in [-0.3, -0.25) is 0 Å². The first kappa shape index (κ1) is 9.55. The molecule has 0 bridgehead atoms. The van der Waals surface area contributed by atoms with E-state index in [1.54, 1.807) is 0 Å². The van der Waals surface area contributed by atoms with Gasteiger partial charge in [-0.15, -0.1) is 0 Å². The second-order valence-corrected chi connectivity index (χ2v) is 5.90. The molecule has 5 unspecified atom stereocenters. The molecular formula is C13H24.